The second kappa shape index (κ2) is 7.22. The standard InChI is InChI=1S/C14H25N3OS/c1-4-15-9-13-11(2)16-14(19-13)17(3)10-12-7-5-6-8-18-12/h12,15H,4-10H2,1-3H3. The average Bonchev–Trinajstić information content (AvgIpc) is 2.79. The van der Waals surface area contributed by atoms with Crippen molar-refractivity contribution in [2.45, 2.75) is 45.8 Å². The largest absolute Gasteiger partial charge is 0.376 e. The monoisotopic (exact) mass is 283 g/mol. The molecule has 0 spiro atoms. The molecule has 0 amide bonds. The number of nitrogens with zero attached hydrogens (tertiary/aromatic N) is 2. The van der Waals surface area contributed by atoms with E-state index in [1.54, 1.807) is 11.3 Å². The number of nitrogens with one attached hydrogen (secondary N) is 1. The van der Waals surface area contributed by atoms with E-state index >= 15 is 0 Å². The number of hydrogen-bond acceptors (Lipinski definition) is 5. The Balaban J connectivity index is 1.92. The first-order valence-electron chi connectivity index (χ1n) is 7.20. The molecule has 1 aromatic heterocycles. The van der Waals surface area contributed by atoms with Crippen molar-refractivity contribution in [2.75, 3.05) is 31.6 Å². The third-order valence-electron chi connectivity index (χ3n) is 3.49. The van der Waals surface area contributed by atoms with Crippen LogP contribution in [0.15, 0.2) is 0 Å². The maximum Gasteiger partial charge on any atom is 0.185 e. The molecule has 1 aromatic rings. The first-order chi connectivity index (χ1) is 9.20. The molecule has 108 valence electrons. The Hall–Kier alpha value is -0.650. The van der Waals surface area contributed by atoms with E-state index in [1.165, 1.54) is 24.1 Å². The van der Waals surface area contributed by atoms with E-state index in [2.05, 4.69) is 36.1 Å². The number of aryl methyl sites for hydroxylation is 1. The average molecular weight is 283 g/mol. The van der Waals surface area contributed by atoms with Gasteiger partial charge in [-0.2, -0.15) is 0 Å². The molecule has 0 saturated carbocycles. The van der Waals surface area contributed by atoms with Gasteiger partial charge >= 0.3 is 0 Å². The summed E-state index contributed by atoms with van der Waals surface area (Å²) in [5, 5.41) is 4.48. The Bertz CT molecular complexity index is 388. The summed E-state index contributed by atoms with van der Waals surface area (Å²) in [7, 11) is 2.12. The Kier molecular flexibility index (Phi) is 5.60. The van der Waals surface area contributed by atoms with Gasteiger partial charge in [0.15, 0.2) is 5.13 Å². The van der Waals surface area contributed by atoms with Gasteiger partial charge < -0.3 is 15.0 Å². The third kappa shape index (κ3) is 4.16. The highest BCUT2D eigenvalue weighted by Gasteiger charge is 2.18. The Labute approximate surface area is 120 Å². The van der Waals surface area contributed by atoms with Crippen LogP contribution >= 0.6 is 11.3 Å². The number of thiazole rings is 1. The number of aromatic nitrogens is 1. The predicted octanol–water partition coefficient (Wildman–Crippen LogP) is 2.57. The second-order valence-electron chi connectivity index (χ2n) is 5.15. The Morgan fingerprint density at radius 2 is 2.32 bits per heavy atom. The molecule has 1 aliphatic heterocycles. The third-order valence-corrected chi connectivity index (χ3v) is 4.77. The molecule has 5 heteroatoms. The van der Waals surface area contributed by atoms with Crippen LogP contribution in [0.25, 0.3) is 0 Å². The highest BCUT2D eigenvalue weighted by atomic mass is 32.1. The number of hydrogen-bond donors (Lipinski definition) is 1. The van der Waals surface area contributed by atoms with Crippen molar-refractivity contribution >= 4 is 16.5 Å². The summed E-state index contributed by atoms with van der Waals surface area (Å²) in [6.07, 6.45) is 4.06. The smallest absolute Gasteiger partial charge is 0.185 e. The Morgan fingerprint density at radius 1 is 1.47 bits per heavy atom. The first kappa shape index (κ1) is 14.8. The number of ether oxygens (including phenoxy) is 1. The normalized spacial score (nSPS) is 19.6. The summed E-state index contributed by atoms with van der Waals surface area (Å²) in [5.41, 5.74) is 1.15. The van der Waals surface area contributed by atoms with E-state index in [-0.39, 0.29) is 0 Å². The summed E-state index contributed by atoms with van der Waals surface area (Å²) in [4.78, 5) is 8.26. The molecule has 2 heterocycles. The minimum Gasteiger partial charge on any atom is -0.376 e. The minimum absolute atomic E-state index is 0.375. The van der Waals surface area contributed by atoms with Crippen molar-refractivity contribution in [3.05, 3.63) is 10.6 Å². The molecule has 0 aliphatic carbocycles. The van der Waals surface area contributed by atoms with Gasteiger partial charge in [0.2, 0.25) is 0 Å². The molecule has 1 aliphatic rings. The van der Waals surface area contributed by atoms with E-state index in [9.17, 15) is 0 Å². The fourth-order valence-electron chi connectivity index (χ4n) is 2.31. The Morgan fingerprint density at radius 3 is 3.00 bits per heavy atom. The summed E-state index contributed by atoms with van der Waals surface area (Å²) in [6, 6.07) is 0. The van der Waals surface area contributed by atoms with Crippen molar-refractivity contribution in [2.24, 2.45) is 0 Å². The fourth-order valence-corrected chi connectivity index (χ4v) is 3.31. The molecule has 0 radical (unpaired) electrons. The van der Waals surface area contributed by atoms with Gasteiger partial charge in [-0.15, -0.1) is 11.3 Å². The zero-order valence-electron chi connectivity index (χ0n) is 12.2. The molecule has 1 saturated heterocycles. The summed E-state index contributed by atoms with van der Waals surface area (Å²) >= 11 is 1.79. The number of likely N-dealkylation sites (N-methyl/N-ethyl adjacent to an activating group) is 1. The van der Waals surface area contributed by atoms with E-state index < -0.39 is 0 Å². The lowest BCUT2D eigenvalue weighted by Gasteiger charge is -2.27. The summed E-state index contributed by atoms with van der Waals surface area (Å²) in [6.45, 7) is 8.02. The van der Waals surface area contributed by atoms with E-state index in [4.69, 9.17) is 4.74 Å². The zero-order chi connectivity index (χ0) is 13.7. The van der Waals surface area contributed by atoms with Crippen LogP contribution in [-0.2, 0) is 11.3 Å². The lowest BCUT2D eigenvalue weighted by Crippen LogP contribution is -2.33. The van der Waals surface area contributed by atoms with Gasteiger partial charge in [-0.25, -0.2) is 4.98 Å². The number of anilines is 1. The fraction of sp³-hybridized carbons (Fsp3) is 0.786. The molecule has 1 N–H and O–H groups in total. The number of rotatable bonds is 6. The van der Waals surface area contributed by atoms with Crippen molar-refractivity contribution in [3.63, 3.8) is 0 Å². The lowest BCUT2D eigenvalue weighted by molar-refractivity contribution is 0.0216. The topological polar surface area (TPSA) is 37.4 Å². The van der Waals surface area contributed by atoms with Gasteiger partial charge in [-0.05, 0) is 32.7 Å². The second-order valence-corrected chi connectivity index (χ2v) is 6.22. The van der Waals surface area contributed by atoms with Crippen molar-refractivity contribution < 1.29 is 4.74 Å². The van der Waals surface area contributed by atoms with Gasteiger partial charge in [-0.3, -0.25) is 0 Å². The molecule has 0 aromatic carbocycles. The van der Waals surface area contributed by atoms with Gasteiger partial charge in [-0.1, -0.05) is 6.92 Å². The molecular weight excluding hydrogens is 258 g/mol. The van der Waals surface area contributed by atoms with E-state index in [0.29, 0.717) is 6.10 Å². The molecule has 4 nitrogen and oxygen atoms in total. The highest BCUT2D eigenvalue weighted by Crippen LogP contribution is 2.26. The van der Waals surface area contributed by atoms with Crippen LogP contribution in [-0.4, -0.2) is 37.8 Å². The molecular formula is C14H25N3OS. The van der Waals surface area contributed by atoms with Crippen LogP contribution < -0.4 is 10.2 Å². The molecule has 19 heavy (non-hydrogen) atoms. The maximum absolute atomic E-state index is 5.79. The van der Waals surface area contributed by atoms with E-state index in [0.717, 1.165) is 37.1 Å². The van der Waals surface area contributed by atoms with E-state index in [1.807, 2.05) is 0 Å². The minimum atomic E-state index is 0.375. The molecule has 1 unspecified atom stereocenters. The predicted molar refractivity (Wildman–Crippen MR) is 81.1 cm³/mol. The van der Waals surface area contributed by atoms with Crippen LogP contribution in [0.5, 0.6) is 0 Å². The van der Waals surface area contributed by atoms with Crippen molar-refractivity contribution in [3.8, 4) is 0 Å². The van der Waals surface area contributed by atoms with Crippen LogP contribution in [0, 0.1) is 6.92 Å². The summed E-state index contributed by atoms with van der Waals surface area (Å²) < 4.78 is 5.79. The SMILES string of the molecule is CCNCc1sc(N(C)CC2CCCCO2)nc1C. The molecule has 1 atom stereocenters. The zero-order valence-corrected chi connectivity index (χ0v) is 13.1. The van der Waals surface area contributed by atoms with Gasteiger partial charge in [0, 0.05) is 31.6 Å². The van der Waals surface area contributed by atoms with Crippen LogP contribution in [0.4, 0.5) is 5.13 Å². The first-order valence-corrected chi connectivity index (χ1v) is 8.02. The maximum atomic E-state index is 5.79. The molecule has 0 bridgehead atoms. The van der Waals surface area contributed by atoms with Gasteiger partial charge in [0.1, 0.15) is 0 Å². The quantitative estimate of drug-likeness (QED) is 0.870. The van der Waals surface area contributed by atoms with Crippen molar-refractivity contribution in [1.29, 1.82) is 0 Å². The van der Waals surface area contributed by atoms with Gasteiger partial charge in [0.05, 0.1) is 11.8 Å². The summed E-state index contributed by atoms with van der Waals surface area (Å²) in [5.74, 6) is 0. The van der Waals surface area contributed by atoms with Crippen LogP contribution in [0.3, 0.4) is 0 Å². The van der Waals surface area contributed by atoms with Crippen LogP contribution in [0.2, 0.25) is 0 Å². The molecule has 2 rings (SSSR count). The highest BCUT2D eigenvalue weighted by molar-refractivity contribution is 7.15. The van der Waals surface area contributed by atoms with Crippen molar-refractivity contribution in [1.82, 2.24) is 10.3 Å². The lowest BCUT2D eigenvalue weighted by atomic mass is 10.1. The van der Waals surface area contributed by atoms with Crippen LogP contribution in [0.1, 0.15) is 36.8 Å². The van der Waals surface area contributed by atoms with Gasteiger partial charge in [0.25, 0.3) is 0 Å². The molecule has 1 fully saturated rings.